The smallest absolute Gasteiger partial charge is 0.338 e. The predicted molar refractivity (Wildman–Crippen MR) is 51.1 cm³/mol. The fraction of sp³-hybridized carbons (Fsp3) is 0.364. The van der Waals surface area contributed by atoms with E-state index in [1.807, 2.05) is 19.1 Å². The Kier molecular flexibility index (Phi) is 2.25. The monoisotopic (exact) mass is 192 g/mol. The molecule has 1 aromatic rings. The lowest BCUT2D eigenvalue weighted by Crippen LogP contribution is -2.00. The summed E-state index contributed by atoms with van der Waals surface area (Å²) in [7, 11) is 0. The van der Waals surface area contributed by atoms with Crippen LogP contribution in [0.25, 0.3) is 0 Å². The first-order valence-corrected chi connectivity index (χ1v) is 4.63. The molecule has 1 aromatic carbocycles. The van der Waals surface area contributed by atoms with Crippen LogP contribution in [0, 0.1) is 0 Å². The van der Waals surface area contributed by atoms with Crippen molar-refractivity contribution in [3.8, 4) is 0 Å². The molecule has 0 amide bonds. The van der Waals surface area contributed by atoms with Gasteiger partial charge in [0.2, 0.25) is 0 Å². The Hall–Kier alpha value is -1.35. The molecule has 0 aliphatic carbocycles. The number of benzene rings is 1. The van der Waals surface area contributed by atoms with Gasteiger partial charge in [-0.3, -0.25) is 0 Å². The molecule has 0 radical (unpaired) electrons. The largest absolute Gasteiger partial charge is 0.457 e. The molecule has 14 heavy (non-hydrogen) atoms. The molecule has 0 bridgehead atoms. The van der Waals surface area contributed by atoms with Gasteiger partial charge in [0.25, 0.3) is 0 Å². The lowest BCUT2D eigenvalue weighted by molar-refractivity contribution is 0.0535. The summed E-state index contributed by atoms with van der Waals surface area (Å²) in [6.45, 7) is 2.42. The van der Waals surface area contributed by atoms with E-state index in [9.17, 15) is 4.79 Å². The topological polar surface area (TPSA) is 46.5 Å². The van der Waals surface area contributed by atoms with Crippen LogP contribution in [-0.2, 0) is 11.3 Å². The summed E-state index contributed by atoms with van der Waals surface area (Å²) in [6.07, 6.45) is 0. The Morgan fingerprint density at radius 3 is 3.07 bits per heavy atom. The number of rotatable bonds is 2. The highest BCUT2D eigenvalue weighted by atomic mass is 16.5. The minimum absolute atomic E-state index is 0.107. The quantitative estimate of drug-likeness (QED) is 0.721. The van der Waals surface area contributed by atoms with Crippen LogP contribution in [0.1, 0.15) is 34.3 Å². The van der Waals surface area contributed by atoms with Crippen molar-refractivity contribution in [1.82, 2.24) is 0 Å². The Balaban J connectivity index is 2.37. The summed E-state index contributed by atoms with van der Waals surface area (Å²) in [5.41, 5.74) is 2.62. The number of cyclic esters (lactones) is 1. The molecule has 1 aliphatic heterocycles. The number of aliphatic hydroxyl groups is 1. The lowest BCUT2D eigenvalue weighted by Gasteiger charge is -2.08. The molecule has 0 spiro atoms. The van der Waals surface area contributed by atoms with Gasteiger partial charge in [-0.25, -0.2) is 4.79 Å². The van der Waals surface area contributed by atoms with E-state index in [4.69, 9.17) is 9.84 Å². The normalized spacial score (nSPS) is 16.3. The number of carbonyl (C=O) groups is 1. The number of ether oxygens (including phenoxy) is 1. The van der Waals surface area contributed by atoms with Gasteiger partial charge in [0.15, 0.2) is 0 Å². The molecular formula is C11H12O3. The first kappa shape index (κ1) is 9.21. The number of esters is 1. The molecular weight excluding hydrogens is 180 g/mol. The Labute approximate surface area is 82.3 Å². The van der Waals surface area contributed by atoms with Crippen molar-refractivity contribution in [2.75, 3.05) is 6.61 Å². The van der Waals surface area contributed by atoms with Crippen molar-refractivity contribution in [1.29, 1.82) is 0 Å². The highest BCUT2D eigenvalue weighted by Gasteiger charge is 2.21. The third-order valence-electron chi connectivity index (χ3n) is 2.55. The fourth-order valence-corrected chi connectivity index (χ4v) is 1.57. The maximum Gasteiger partial charge on any atom is 0.338 e. The molecule has 3 heteroatoms. The van der Waals surface area contributed by atoms with Crippen LogP contribution >= 0.6 is 0 Å². The summed E-state index contributed by atoms with van der Waals surface area (Å²) >= 11 is 0. The molecule has 1 atom stereocenters. The van der Waals surface area contributed by atoms with Crippen LogP contribution in [0.4, 0.5) is 0 Å². The first-order chi connectivity index (χ1) is 6.72. The molecule has 2 rings (SSSR count). The summed E-state index contributed by atoms with van der Waals surface area (Å²) in [4.78, 5) is 11.1. The Bertz CT molecular complexity index is 371. The molecule has 1 unspecified atom stereocenters. The van der Waals surface area contributed by atoms with Gasteiger partial charge >= 0.3 is 5.97 Å². The summed E-state index contributed by atoms with van der Waals surface area (Å²) < 4.78 is 4.89. The molecule has 0 saturated heterocycles. The third kappa shape index (κ3) is 1.40. The molecule has 3 nitrogen and oxygen atoms in total. The van der Waals surface area contributed by atoms with Crippen LogP contribution < -0.4 is 0 Å². The van der Waals surface area contributed by atoms with Gasteiger partial charge in [0.1, 0.15) is 6.61 Å². The summed E-state index contributed by atoms with van der Waals surface area (Å²) in [5, 5.41) is 8.99. The average molecular weight is 192 g/mol. The number of fused-ring (bicyclic) bond motifs is 1. The van der Waals surface area contributed by atoms with Gasteiger partial charge in [0, 0.05) is 18.1 Å². The molecule has 74 valence electrons. The van der Waals surface area contributed by atoms with Crippen molar-refractivity contribution < 1.29 is 14.6 Å². The minimum Gasteiger partial charge on any atom is -0.457 e. The fourth-order valence-electron chi connectivity index (χ4n) is 1.57. The molecule has 0 fully saturated rings. The standard InChI is InChI=1S/C11H12O3/c1-7(5-12)8-2-3-10-9(4-8)6-14-11(10)13/h2-4,7,12H,5-6H2,1H3. The number of hydrogen-bond acceptors (Lipinski definition) is 3. The minimum atomic E-state index is -0.247. The van der Waals surface area contributed by atoms with Gasteiger partial charge in [0.05, 0.1) is 5.56 Å². The Morgan fingerprint density at radius 1 is 1.57 bits per heavy atom. The van der Waals surface area contributed by atoms with Gasteiger partial charge < -0.3 is 9.84 Å². The predicted octanol–water partition coefficient (Wildman–Crippen LogP) is 1.45. The van der Waals surface area contributed by atoms with E-state index in [0.29, 0.717) is 12.2 Å². The van der Waals surface area contributed by atoms with Crippen LogP contribution in [0.2, 0.25) is 0 Å². The van der Waals surface area contributed by atoms with Crippen molar-refractivity contribution in [3.05, 3.63) is 34.9 Å². The molecule has 1 N–H and O–H groups in total. The first-order valence-electron chi connectivity index (χ1n) is 4.63. The van der Waals surface area contributed by atoms with Crippen molar-refractivity contribution in [2.24, 2.45) is 0 Å². The van der Waals surface area contributed by atoms with E-state index in [1.54, 1.807) is 6.07 Å². The summed E-state index contributed by atoms with van der Waals surface area (Å²) in [5.74, 6) is -0.140. The number of hydrogen-bond donors (Lipinski definition) is 1. The Morgan fingerprint density at radius 2 is 2.36 bits per heavy atom. The van der Waals surface area contributed by atoms with E-state index in [-0.39, 0.29) is 18.5 Å². The zero-order valence-electron chi connectivity index (χ0n) is 7.99. The molecule has 0 saturated carbocycles. The molecule has 1 heterocycles. The SMILES string of the molecule is CC(CO)c1ccc2c(c1)COC2=O. The van der Waals surface area contributed by atoms with Crippen LogP contribution in [-0.4, -0.2) is 17.7 Å². The number of carbonyl (C=O) groups excluding carboxylic acids is 1. The highest BCUT2D eigenvalue weighted by Crippen LogP contribution is 2.24. The maximum absolute atomic E-state index is 11.1. The lowest BCUT2D eigenvalue weighted by atomic mass is 9.98. The van der Waals surface area contributed by atoms with Gasteiger partial charge in [-0.05, 0) is 11.6 Å². The van der Waals surface area contributed by atoms with Crippen molar-refractivity contribution >= 4 is 5.97 Å². The van der Waals surface area contributed by atoms with E-state index in [1.165, 1.54) is 0 Å². The van der Waals surface area contributed by atoms with E-state index < -0.39 is 0 Å². The van der Waals surface area contributed by atoms with E-state index >= 15 is 0 Å². The van der Waals surface area contributed by atoms with Crippen LogP contribution in [0.5, 0.6) is 0 Å². The third-order valence-corrected chi connectivity index (χ3v) is 2.55. The van der Waals surface area contributed by atoms with Crippen molar-refractivity contribution in [3.63, 3.8) is 0 Å². The van der Waals surface area contributed by atoms with E-state index in [0.717, 1.165) is 11.1 Å². The maximum atomic E-state index is 11.1. The van der Waals surface area contributed by atoms with Crippen molar-refractivity contribution in [2.45, 2.75) is 19.4 Å². The van der Waals surface area contributed by atoms with E-state index in [2.05, 4.69) is 0 Å². The highest BCUT2D eigenvalue weighted by molar-refractivity contribution is 5.93. The van der Waals surface area contributed by atoms with Crippen LogP contribution in [0.3, 0.4) is 0 Å². The average Bonchev–Trinajstić information content (AvgIpc) is 2.59. The molecule has 0 aromatic heterocycles. The zero-order valence-corrected chi connectivity index (χ0v) is 7.99. The summed E-state index contributed by atoms with van der Waals surface area (Å²) in [6, 6.07) is 5.57. The van der Waals surface area contributed by atoms with Gasteiger partial charge in [-0.2, -0.15) is 0 Å². The zero-order chi connectivity index (χ0) is 10.1. The van der Waals surface area contributed by atoms with Gasteiger partial charge in [-0.15, -0.1) is 0 Å². The second-order valence-corrected chi connectivity index (χ2v) is 3.58. The van der Waals surface area contributed by atoms with Crippen LogP contribution in [0.15, 0.2) is 18.2 Å². The second-order valence-electron chi connectivity index (χ2n) is 3.58. The second kappa shape index (κ2) is 3.42. The number of aliphatic hydroxyl groups excluding tert-OH is 1. The van der Waals surface area contributed by atoms with Gasteiger partial charge in [-0.1, -0.05) is 19.1 Å². The molecule has 1 aliphatic rings.